The molecule has 1 aromatic rings. The number of benzene rings is 1. The van der Waals surface area contributed by atoms with Gasteiger partial charge in [0.1, 0.15) is 5.82 Å². The van der Waals surface area contributed by atoms with Gasteiger partial charge in [-0.2, -0.15) is 0 Å². The van der Waals surface area contributed by atoms with Crippen LogP contribution in [0.1, 0.15) is 12.8 Å². The molecule has 108 valence electrons. The predicted molar refractivity (Wildman–Crippen MR) is 73.6 cm³/mol. The lowest BCUT2D eigenvalue weighted by Gasteiger charge is -2.36. The maximum atomic E-state index is 13.7. The van der Waals surface area contributed by atoms with Crippen LogP contribution in [-0.4, -0.2) is 42.9 Å². The van der Waals surface area contributed by atoms with Gasteiger partial charge in [-0.05, 0) is 12.1 Å². The van der Waals surface area contributed by atoms with Gasteiger partial charge in [-0.15, -0.1) is 0 Å². The molecule has 2 N–H and O–H groups in total. The third kappa shape index (κ3) is 3.46. The Morgan fingerprint density at radius 1 is 1.10 bits per heavy atom. The Morgan fingerprint density at radius 3 is 2.35 bits per heavy atom. The van der Waals surface area contributed by atoms with Gasteiger partial charge in [0.25, 0.3) is 0 Å². The van der Waals surface area contributed by atoms with Crippen molar-refractivity contribution in [3.63, 3.8) is 0 Å². The second kappa shape index (κ2) is 6.36. The molecule has 1 saturated heterocycles. The smallest absolute Gasteiger partial charge is 0.223 e. The van der Waals surface area contributed by atoms with Crippen LogP contribution in [-0.2, 0) is 9.59 Å². The molecule has 0 radical (unpaired) electrons. The van der Waals surface area contributed by atoms with Gasteiger partial charge in [0, 0.05) is 39.0 Å². The topological polar surface area (TPSA) is 66.6 Å². The molecule has 1 aliphatic rings. The Bertz CT molecular complexity index is 499. The summed E-state index contributed by atoms with van der Waals surface area (Å²) in [7, 11) is 0. The number of hydrogen-bond donors (Lipinski definition) is 1. The average molecular weight is 279 g/mol. The van der Waals surface area contributed by atoms with Crippen LogP contribution in [0.4, 0.5) is 10.1 Å². The van der Waals surface area contributed by atoms with Gasteiger partial charge in [-0.25, -0.2) is 4.39 Å². The number of carbonyl (C=O) groups excluding carboxylic acids is 2. The Morgan fingerprint density at radius 2 is 1.75 bits per heavy atom. The SMILES string of the molecule is NC(=O)CCC(=O)N1CCN(c2ccccc2F)CC1. The summed E-state index contributed by atoms with van der Waals surface area (Å²) in [6.45, 7) is 2.24. The van der Waals surface area contributed by atoms with E-state index in [0.717, 1.165) is 0 Å². The molecule has 20 heavy (non-hydrogen) atoms. The van der Waals surface area contributed by atoms with Gasteiger partial charge in [-0.1, -0.05) is 12.1 Å². The normalized spacial score (nSPS) is 15.2. The number of piperazine rings is 1. The van der Waals surface area contributed by atoms with Gasteiger partial charge < -0.3 is 15.5 Å². The van der Waals surface area contributed by atoms with E-state index in [-0.39, 0.29) is 24.6 Å². The number of carbonyl (C=O) groups is 2. The fourth-order valence-electron chi connectivity index (χ4n) is 2.29. The number of rotatable bonds is 4. The van der Waals surface area contributed by atoms with Crippen molar-refractivity contribution < 1.29 is 14.0 Å². The lowest BCUT2D eigenvalue weighted by Crippen LogP contribution is -2.49. The van der Waals surface area contributed by atoms with E-state index in [1.807, 2.05) is 4.90 Å². The van der Waals surface area contributed by atoms with E-state index in [0.29, 0.717) is 31.9 Å². The van der Waals surface area contributed by atoms with Crippen molar-refractivity contribution in [2.24, 2.45) is 5.73 Å². The maximum Gasteiger partial charge on any atom is 0.223 e. The van der Waals surface area contributed by atoms with E-state index >= 15 is 0 Å². The Hall–Kier alpha value is -2.11. The number of nitrogens with two attached hydrogens (primary N) is 1. The van der Waals surface area contributed by atoms with Crippen LogP contribution in [0.15, 0.2) is 24.3 Å². The zero-order chi connectivity index (χ0) is 14.5. The summed E-state index contributed by atoms with van der Waals surface area (Å²) in [4.78, 5) is 26.1. The highest BCUT2D eigenvalue weighted by atomic mass is 19.1. The van der Waals surface area contributed by atoms with Crippen molar-refractivity contribution in [2.75, 3.05) is 31.1 Å². The Labute approximate surface area is 117 Å². The maximum absolute atomic E-state index is 13.7. The molecule has 2 rings (SSSR count). The Kier molecular flexibility index (Phi) is 4.55. The molecule has 1 heterocycles. The monoisotopic (exact) mass is 279 g/mol. The fourth-order valence-corrected chi connectivity index (χ4v) is 2.29. The standard InChI is InChI=1S/C14H18FN3O2/c15-11-3-1-2-4-12(11)17-7-9-18(10-8-17)14(20)6-5-13(16)19/h1-4H,5-10H2,(H2,16,19). The number of anilines is 1. The van der Waals surface area contributed by atoms with Crippen LogP contribution in [0, 0.1) is 5.82 Å². The molecule has 1 aromatic carbocycles. The van der Waals surface area contributed by atoms with Crippen molar-refractivity contribution >= 4 is 17.5 Å². The zero-order valence-corrected chi connectivity index (χ0v) is 11.2. The van der Waals surface area contributed by atoms with Crippen molar-refractivity contribution in [3.8, 4) is 0 Å². The highest BCUT2D eigenvalue weighted by Gasteiger charge is 2.22. The molecular formula is C14H18FN3O2. The molecule has 0 atom stereocenters. The molecule has 0 saturated carbocycles. The summed E-state index contributed by atoms with van der Waals surface area (Å²) in [5.74, 6) is -0.790. The van der Waals surface area contributed by atoms with Crippen LogP contribution in [0.3, 0.4) is 0 Å². The number of amides is 2. The van der Waals surface area contributed by atoms with E-state index in [1.165, 1.54) is 6.07 Å². The van der Waals surface area contributed by atoms with Gasteiger partial charge in [0.2, 0.25) is 11.8 Å². The summed E-state index contributed by atoms with van der Waals surface area (Å²) in [6.07, 6.45) is 0.224. The van der Waals surface area contributed by atoms with E-state index in [9.17, 15) is 14.0 Å². The van der Waals surface area contributed by atoms with E-state index in [1.54, 1.807) is 23.1 Å². The zero-order valence-electron chi connectivity index (χ0n) is 11.2. The first-order chi connectivity index (χ1) is 9.58. The summed E-state index contributed by atoms with van der Waals surface area (Å²) >= 11 is 0. The summed E-state index contributed by atoms with van der Waals surface area (Å²) in [5.41, 5.74) is 5.59. The number of para-hydroxylation sites is 1. The fraction of sp³-hybridized carbons (Fsp3) is 0.429. The quantitative estimate of drug-likeness (QED) is 0.884. The van der Waals surface area contributed by atoms with Crippen LogP contribution in [0.5, 0.6) is 0 Å². The lowest BCUT2D eigenvalue weighted by molar-refractivity contribution is -0.133. The Balaban J connectivity index is 1.88. The molecule has 1 fully saturated rings. The molecule has 0 bridgehead atoms. The number of hydrogen-bond acceptors (Lipinski definition) is 3. The van der Waals surface area contributed by atoms with Gasteiger partial charge in [0.05, 0.1) is 5.69 Å². The van der Waals surface area contributed by atoms with Crippen LogP contribution in [0.25, 0.3) is 0 Å². The largest absolute Gasteiger partial charge is 0.370 e. The lowest BCUT2D eigenvalue weighted by atomic mass is 10.2. The van der Waals surface area contributed by atoms with E-state index in [2.05, 4.69) is 0 Å². The first-order valence-corrected chi connectivity index (χ1v) is 6.63. The molecule has 0 unspecified atom stereocenters. The number of primary amides is 1. The minimum atomic E-state index is -0.469. The second-order valence-corrected chi connectivity index (χ2v) is 4.79. The van der Waals surface area contributed by atoms with Gasteiger partial charge in [0.15, 0.2) is 0 Å². The molecular weight excluding hydrogens is 261 g/mol. The van der Waals surface area contributed by atoms with Crippen LogP contribution >= 0.6 is 0 Å². The summed E-state index contributed by atoms with van der Waals surface area (Å²) in [6, 6.07) is 6.62. The van der Waals surface area contributed by atoms with Gasteiger partial charge >= 0.3 is 0 Å². The minimum Gasteiger partial charge on any atom is -0.370 e. The van der Waals surface area contributed by atoms with Crippen molar-refractivity contribution in [2.45, 2.75) is 12.8 Å². The highest BCUT2D eigenvalue weighted by Crippen LogP contribution is 2.20. The molecule has 1 aliphatic heterocycles. The van der Waals surface area contributed by atoms with E-state index < -0.39 is 5.91 Å². The van der Waals surface area contributed by atoms with Crippen LogP contribution in [0.2, 0.25) is 0 Å². The predicted octanol–water partition coefficient (Wildman–Crippen LogP) is 0.740. The highest BCUT2D eigenvalue weighted by molar-refractivity contribution is 5.83. The second-order valence-electron chi connectivity index (χ2n) is 4.79. The average Bonchev–Trinajstić information content (AvgIpc) is 2.45. The number of nitrogens with zero attached hydrogens (tertiary/aromatic N) is 2. The third-order valence-corrected chi connectivity index (χ3v) is 3.41. The summed E-state index contributed by atoms with van der Waals surface area (Å²) < 4.78 is 13.7. The first kappa shape index (κ1) is 14.3. The first-order valence-electron chi connectivity index (χ1n) is 6.63. The minimum absolute atomic E-state index is 0.0722. The molecule has 0 spiro atoms. The molecule has 5 nitrogen and oxygen atoms in total. The molecule has 2 amide bonds. The molecule has 0 aromatic heterocycles. The number of halogens is 1. The van der Waals surface area contributed by atoms with Gasteiger partial charge in [-0.3, -0.25) is 9.59 Å². The summed E-state index contributed by atoms with van der Waals surface area (Å²) in [5, 5.41) is 0. The molecule has 6 heteroatoms. The van der Waals surface area contributed by atoms with Crippen LogP contribution < -0.4 is 10.6 Å². The van der Waals surface area contributed by atoms with Crippen molar-refractivity contribution in [3.05, 3.63) is 30.1 Å². The van der Waals surface area contributed by atoms with Crippen molar-refractivity contribution in [1.29, 1.82) is 0 Å². The van der Waals surface area contributed by atoms with Crippen molar-refractivity contribution in [1.82, 2.24) is 4.90 Å². The molecule has 0 aliphatic carbocycles. The third-order valence-electron chi connectivity index (χ3n) is 3.41. The van der Waals surface area contributed by atoms with E-state index in [4.69, 9.17) is 5.73 Å².